The first kappa shape index (κ1) is 18.2. The maximum atomic E-state index is 13.1. The van der Waals surface area contributed by atoms with Crippen LogP contribution in [0.4, 0.5) is 4.39 Å². The average molecular weight is 379 g/mol. The van der Waals surface area contributed by atoms with E-state index in [9.17, 15) is 9.18 Å². The van der Waals surface area contributed by atoms with Crippen molar-refractivity contribution in [1.82, 2.24) is 15.5 Å². The Labute approximate surface area is 162 Å². The minimum atomic E-state index is -0.276. The van der Waals surface area contributed by atoms with E-state index in [-0.39, 0.29) is 17.8 Å². The zero-order valence-electron chi connectivity index (χ0n) is 15.7. The standard InChI is InChI=1S/C22H22FN3O2/c1-28-21-17(22(27)24-16-4-2-3-5-16)11-13-19-20(21)18(25-26-19)12-8-14-6-9-15(23)10-7-14/h6-13,16H,2-5H2,1H3,(H,24,27)(H,25,26). The molecule has 0 spiro atoms. The highest BCUT2D eigenvalue weighted by Crippen LogP contribution is 2.32. The summed E-state index contributed by atoms with van der Waals surface area (Å²) in [5.41, 5.74) is 2.80. The molecule has 1 aliphatic rings. The van der Waals surface area contributed by atoms with Crippen LogP contribution in [0.15, 0.2) is 36.4 Å². The number of nitrogens with one attached hydrogen (secondary N) is 2. The van der Waals surface area contributed by atoms with E-state index in [0.717, 1.165) is 42.1 Å². The molecule has 1 fully saturated rings. The molecular formula is C22H22FN3O2. The molecule has 2 N–H and O–H groups in total. The molecule has 4 rings (SSSR count). The Morgan fingerprint density at radius 3 is 2.64 bits per heavy atom. The van der Waals surface area contributed by atoms with E-state index in [1.165, 1.54) is 12.1 Å². The van der Waals surface area contributed by atoms with Crippen molar-refractivity contribution in [3.63, 3.8) is 0 Å². The fourth-order valence-corrected chi connectivity index (χ4v) is 3.70. The predicted octanol–water partition coefficient (Wildman–Crippen LogP) is 4.55. The molecule has 1 heterocycles. The van der Waals surface area contributed by atoms with Gasteiger partial charge in [-0.05, 0) is 48.7 Å². The van der Waals surface area contributed by atoms with Crippen LogP contribution in [-0.2, 0) is 0 Å². The molecule has 1 aromatic heterocycles. The van der Waals surface area contributed by atoms with E-state index >= 15 is 0 Å². The summed E-state index contributed by atoms with van der Waals surface area (Å²) in [4.78, 5) is 12.8. The lowest BCUT2D eigenvalue weighted by atomic mass is 10.1. The molecule has 0 atom stereocenters. The maximum Gasteiger partial charge on any atom is 0.255 e. The van der Waals surface area contributed by atoms with Crippen LogP contribution in [0.3, 0.4) is 0 Å². The minimum Gasteiger partial charge on any atom is -0.495 e. The van der Waals surface area contributed by atoms with Gasteiger partial charge in [-0.2, -0.15) is 5.10 Å². The number of aromatic nitrogens is 2. The van der Waals surface area contributed by atoms with Gasteiger partial charge in [0.25, 0.3) is 5.91 Å². The number of H-pyrrole nitrogens is 1. The van der Waals surface area contributed by atoms with Crippen LogP contribution < -0.4 is 10.1 Å². The number of nitrogens with zero attached hydrogens (tertiary/aromatic N) is 1. The SMILES string of the molecule is COc1c(C(=O)NC2CCCC2)ccc2[nH]nc(C=Cc3ccc(F)cc3)c12. The largest absolute Gasteiger partial charge is 0.495 e. The Morgan fingerprint density at radius 1 is 1.18 bits per heavy atom. The highest BCUT2D eigenvalue weighted by atomic mass is 19.1. The van der Waals surface area contributed by atoms with Gasteiger partial charge in [-0.1, -0.05) is 31.1 Å². The third-order valence-electron chi connectivity index (χ3n) is 5.15. The number of carbonyl (C=O) groups excluding carboxylic acids is 1. The monoisotopic (exact) mass is 379 g/mol. The van der Waals surface area contributed by atoms with Crippen molar-refractivity contribution in [2.75, 3.05) is 7.11 Å². The number of methoxy groups -OCH3 is 1. The summed E-state index contributed by atoms with van der Waals surface area (Å²) in [7, 11) is 1.56. The molecular weight excluding hydrogens is 357 g/mol. The van der Waals surface area contributed by atoms with E-state index in [1.54, 1.807) is 25.3 Å². The van der Waals surface area contributed by atoms with Crippen molar-refractivity contribution >= 4 is 29.0 Å². The van der Waals surface area contributed by atoms with Crippen LogP contribution in [0, 0.1) is 5.82 Å². The van der Waals surface area contributed by atoms with E-state index in [4.69, 9.17) is 4.74 Å². The summed E-state index contributed by atoms with van der Waals surface area (Å²) in [6.07, 6.45) is 8.02. The number of amides is 1. The third kappa shape index (κ3) is 3.63. The Kier molecular flexibility index (Phi) is 5.10. The van der Waals surface area contributed by atoms with Crippen LogP contribution in [-0.4, -0.2) is 29.3 Å². The Balaban J connectivity index is 1.68. The molecule has 28 heavy (non-hydrogen) atoms. The summed E-state index contributed by atoms with van der Waals surface area (Å²) in [5.74, 6) is 0.0998. The van der Waals surface area contributed by atoms with Crippen molar-refractivity contribution in [1.29, 1.82) is 0 Å². The summed E-state index contributed by atoms with van der Waals surface area (Å²) < 4.78 is 18.7. The van der Waals surface area contributed by atoms with Crippen molar-refractivity contribution < 1.29 is 13.9 Å². The lowest BCUT2D eigenvalue weighted by molar-refractivity contribution is 0.0935. The van der Waals surface area contributed by atoms with Crippen molar-refractivity contribution in [3.05, 3.63) is 59.0 Å². The maximum absolute atomic E-state index is 13.1. The third-order valence-corrected chi connectivity index (χ3v) is 5.15. The lowest BCUT2D eigenvalue weighted by Crippen LogP contribution is -2.32. The lowest BCUT2D eigenvalue weighted by Gasteiger charge is -2.14. The van der Waals surface area contributed by atoms with E-state index < -0.39 is 0 Å². The molecule has 0 radical (unpaired) electrons. The van der Waals surface area contributed by atoms with Gasteiger partial charge in [0.15, 0.2) is 0 Å². The van der Waals surface area contributed by atoms with Gasteiger partial charge >= 0.3 is 0 Å². The highest BCUT2D eigenvalue weighted by molar-refractivity contribution is 6.05. The predicted molar refractivity (Wildman–Crippen MR) is 108 cm³/mol. The summed E-state index contributed by atoms with van der Waals surface area (Å²) in [6, 6.07) is 10.0. The summed E-state index contributed by atoms with van der Waals surface area (Å²) >= 11 is 0. The molecule has 3 aromatic rings. The number of halogens is 1. The number of aromatic amines is 1. The first-order valence-electron chi connectivity index (χ1n) is 9.45. The fourth-order valence-electron chi connectivity index (χ4n) is 3.70. The molecule has 0 saturated heterocycles. The second kappa shape index (κ2) is 7.84. The van der Waals surface area contributed by atoms with Crippen LogP contribution in [0.1, 0.15) is 47.3 Å². The zero-order valence-corrected chi connectivity index (χ0v) is 15.7. The zero-order chi connectivity index (χ0) is 19.5. The Bertz CT molecular complexity index is 1020. The van der Waals surface area contributed by atoms with E-state index in [2.05, 4.69) is 15.5 Å². The number of fused-ring (bicyclic) bond motifs is 1. The van der Waals surface area contributed by atoms with Crippen LogP contribution in [0.2, 0.25) is 0 Å². The van der Waals surface area contributed by atoms with Gasteiger partial charge in [0.1, 0.15) is 11.6 Å². The summed E-state index contributed by atoms with van der Waals surface area (Å²) in [6.45, 7) is 0. The molecule has 0 aliphatic heterocycles. The number of rotatable bonds is 5. The minimum absolute atomic E-state index is 0.125. The average Bonchev–Trinajstić information content (AvgIpc) is 3.36. The molecule has 144 valence electrons. The number of carbonyl (C=O) groups is 1. The van der Waals surface area contributed by atoms with Crippen molar-refractivity contribution in [2.24, 2.45) is 0 Å². The van der Waals surface area contributed by atoms with E-state index in [0.29, 0.717) is 17.0 Å². The van der Waals surface area contributed by atoms with Crippen molar-refractivity contribution in [3.8, 4) is 5.75 Å². The molecule has 0 bridgehead atoms. The van der Waals surface area contributed by atoms with Crippen LogP contribution >= 0.6 is 0 Å². The van der Waals surface area contributed by atoms with Gasteiger partial charge in [-0.3, -0.25) is 9.89 Å². The van der Waals surface area contributed by atoms with Gasteiger partial charge in [0, 0.05) is 6.04 Å². The number of benzene rings is 2. The van der Waals surface area contributed by atoms with Gasteiger partial charge in [0.05, 0.1) is 29.3 Å². The second-order valence-corrected chi connectivity index (χ2v) is 7.02. The molecule has 2 aromatic carbocycles. The number of hydrogen-bond donors (Lipinski definition) is 2. The summed E-state index contributed by atoms with van der Waals surface area (Å²) in [5, 5.41) is 11.2. The van der Waals surface area contributed by atoms with E-state index in [1.807, 2.05) is 18.2 Å². The van der Waals surface area contributed by atoms with Gasteiger partial charge < -0.3 is 10.1 Å². The van der Waals surface area contributed by atoms with Crippen LogP contribution in [0.5, 0.6) is 5.75 Å². The molecule has 1 aliphatic carbocycles. The second-order valence-electron chi connectivity index (χ2n) is 7.02. The quantitative estimate of drug-likeness (QED) is 0.683. The molecule has 0 unspecified atom stereocenters. The highest BCUT2D eigenvalue weighted by Gasteiger charge is 2.22. The molecule has 5 nitrogen and oxygen atoms in total. The molecule has 6 heteroatoms. The topological polar surface area (TPSA) is 67.0 Å². The Hall–Kier alpha value is -3.15. The smallest absolute Gasteiger partial charge is 0.255 e. The first-order chi connectivity index (χ1) is 13.7. The molecule has 1 amide bonds. The number of ether oxygens (including phenoxy) is 1. The van der Waals surface area contributed by atoms with Gasteiger partial charge in [-0.25, -0.2) is 4.39 Å². The van der Waals surface area contributed by atoms with Crippen LogP contribution in [0.25, 0.3) is 23.1 Å². The van der Waals surface area contributed by atoms with Gasteiger partial charge in [0.2, 0.25) is 0 Å². The molecule has 1 saturated carbocycles. The van der Waals surface area contributed by atoms with Gasteiger partial charge in [-0.15, -0.1) is 0 Å². The Morgan fingerprint density at radius 2 is 1.93 bits per heavy atom. The van der Waals surface area contributed by atoms with Crippen molar-refractivity contribution in [2.45, 2.75) is 31.7 Å². The number of hydrogen-bond acceptors (Lipinski definition) is 3. The first-order valence-corrected chi connectivity index (χ1v) is 9.45. The normalized spacial score (nSPS) is 14.8. The fraction of sp³-hybridized carbons (Fsp3) is 0.273.